The van der Waals surface area contributed by atoms with Crippen LogP contribution in [0.15, 0.2) is 24.3 Å². The van der Waals surface area contributed by atoms with E-state index in [2.05, 4.69) is 21.2 Å². The van der Waals surface area contributed by atoms with Crippen molar-refractivity contribution in [3.8, 4) is 0 Å². The Morgan fingerprint density at radius 1 is 1.27 bits per heavy atom. The Morgan fingerprint density at radius 2 is 1.91 bits per heavy atom. The van der Waals surface area contributed by atoms with E-state index in [0.717, 1.165) is 6.42 Å². The first-order valence-corrected chi connectivity index (χ1v) is 8.72. The summed E-state index contributed by atoms with van der Waals surface area (Å²) in [7, 11) is 0. The van der Waals surface area contributed by atoms with E-state index in [1.807, 2.05) is 32.9 Å². The summed E-state index contributed by atoms with van der Waals surface area (Å²) < 4.78 is 0. The van der Waals surface area contributed by atoms with Crippen LogP contribution in [0, 0.1) is 16.2 Å². The van der Waals surface area contributed by atoms with E-state index in [1.54, 1.807) is 12.1 Å². The minimum atomic E-state index is -0.738. The van der Waals surface area contributed by atoms with Crippen molar-refractivity contribution in [1.82, 2.24) is 0 Å². The van der Waals surface area contributed by atoms with Crippen molar-refractivity contribution in [2.75, 3.05) is 5.32 Å². The molecular weight excluding hydrogens is 366 g/mol. The zero-order valence-corrected chi connectivity index (χ0v) is 15.2. The maximum Gasteiger partial charge on any atom is 0.232 e. The lowest BCUT2D eigenvalue weighted by molar-refractivity contribution is -0.130. The first-order chi connectivity index (χ1) is 10.2. The van der Waals surface area contributed by atoms with Gasteiger partial charge in [-0.05, 0) is 30.4 Å². The van der Waals surface area contributed by atoms with Gasteiger partial charge in [-0.25, -0.2) is 0 Å². The standard InChI is InChI=1S/C17H19BrClNO2/c1-15(2)16(3)8-9-17(15,12(18)13(16)21)14(22)20-11-7-5-4-6-10(11)19/h4-7,12H,8-9H2,1-3H3,(H,20,22)/t12-,16+,17+/m1/s1. The molecule has 2 bridgehead atoms. The Balaban J connectivity index is 2.02. The largest absolute Gasteiger partial charge is 0.324 e. The van der Waals surface area contributed by atoms with E-state index in [4.69, 9.17) is 11.6 Å². The van der Waals surface area contributed by atoms with Gasteiger partial charge in [-0.2, -0.15) is 0 Å². The monoisotopic (exact) mass is 383 g/mol. The predicted octanol–water partition coefficient (Wildman–Crippen LogP) is 4.44. The van der Waals surface area contributed by atoms with Crippen LogP contribution in [-0.4, -0.2) is 16.5 Å². The number of fused-ring (bicyclic) bond motifs is 2. The molecule has 0 heterocycles. The number of halogens is 2. The fourth-order valence-corrected chi connectivity index (χ4v) is 5.95. The molecule has 3 atom stereocenters. The van der Waals surface area contributed by atoms with Gasteiger partial charge in [0.25, 0.3) is 0 Å². The lowest BCUT2D eigenvalue weighted by atomic mass is 9.64. The van der Waals surface area contributed by atoms with E-state index in [0.29, 0.717) is 17.1 Å². The SMILES string of the molecule is CC1(C)[C@@]2(C)CC[C@@]1(C(=O)Nc1ccccc1Cl)[C@H](Br)C2=O. The van der Waals surface area contributed by atoms with Crippen LogP contribution in [0.25, 0.3) is 0 Å². The van der Waals surface area contributed by atoms with E-state index in [-0.39, 0.29) is 11.7 Å². The number of hydrogen-bond acceptors (Lipinski definition) is 2. The molecule has 0 unspecified atom stereocenters. The molecule has 2 fully saturated rings. The molecule has 22 heavy (non-hydrogen) atoms. The number of ketones is 1. The summed E-state index contributed by atoms with van der Waals surface area (Å²) in [6.07, 6.45) is 1.45. The van der Waals surface area contributed by atoms with Crippen molar-refractivity contribution in [3.63, 3.8) is 0 Å². The van der Waals surface area contributed by atoms with E-state index >= 15 is 0 Å². The van der Waals surface area contributed by atoms with Gasteiger partial charge in [0.1, 0.15) is 0 Å². The molecule has 2 saturated carbocycles. The van der Waals surface area contributed by atoms with Crippen molar-refractivity contribution in [1.29, 1.82) is 0 Å². The van der Waals surface area contributed by atoms with Crippen LogP contribution in [0.5, 0.6) is 0 Å². The number of anilines is 1. The van der Waals surface area contributed by atoms with E-state index in [1.165, 1.54) is 0 Å². The normalized spacial score (nSPS) is 35.7. The molecule has 2 aliphatic carbocycles. The minimum Gasteiger partial charge on any atom is -0.324 e. The van der Waals surface area contributed by atoms with Gasteiger partial charge in [-0.15, -0.1) is 0 Å². The van der Waals surface area contributed by atoms with Gasteiger partial charge in [0, 0.05) is 5.41 Å². The zero-order chi connectivity index (χ0) is 16.3. The van der Waals surface area contributed by atoms with Gasteiger partial charge >= 0.3 is 0 Å². The number of alkyl halides is 1. The summed E-state index contributed by atoms with van der Waals surface area (Å²) in [6.45, 7) is 6.05. The molecule has 0 aromatic heterocycles. The highest BCUT2D eigenvalue weighted by molar-refractivity contribution is 9.10. The molecule has 1 aromatic carbocycles. The first kappa shape index (κ1) is 16.0. The number of hydrogen-bond donors (Lipinski definition) is 1. The first-order valence-electron chi connectivity index (χ1n) is 7.43. The Bertz CT molecular complexity index is 674. The molecule has 0 radical (unpaired) electrons. The van der Waals surface area contributed by atoms with Crippen LogP contribution in [0.2, 0.25) is 5.02 Å². The molecule has 0 saturated heterocycles. The van der Waals surface area contributed by atoms with Gasteiger partial charge in [0.05, 0.1) is 21.0 Å². The molecule has 1 aromatic rings. The van der Waals surface area contributed by atoms with Gasteiger partial charge in [0.15, 0.2) is 5.78 Å². The molecule has 3 rings (SSSR count). The van der Waals surface area contributed by atoms with Crippen molar-refractivity contribution in [2.45, 2.75) is 38.4 Å². The lowest BCUT2D eigenvalue weighted by Gasteiger charge is -2.39. The molecular formula is C17H19BrClNO2. The number of benzene rings is 1. The molecule has 5 heteroatoms. The van der Waals surface area contributed by atoms with Crippen molar-refractivity contribution < 1.29 is 9.59 Å². The molecule has 1 N–H and O–H groups in total. The number of carbonyl (C=O) groups excluding carboxylic acids is 2. The minimum absolute atomic E-state index is 0.123. The number of Topliss-reactive ketones (excluding diaryl/α,β-unsaturated/α-hetero) is 1. The van der Waals surface area contributed by atoms with Crippen LogP contribution in [0.1, 0.15) is 33.6 Å². The zero-order valence-electron chi connectivity index (χ0n) is 12.9. The lowest BCUT2D eigenvalue weighted by Crippen LogP contribution is -2.48. The number of rotatable bonds is 2. The Kier molecular flexibility index (Phi) is 3.50. The predicted molar refractivity (Wildman–Crippen MR) is 91.4 cm³/mol. The summed E-state index contributed by atoms with van der Waals surface area (Å²) in [5.41, 5.74) is -1.01. The third-order valence-electron chi connectivity index (χ3n) is 6.25. The second kappa shape index (κ2) is 4.81. The van der Waals surface area contributed by atoms with Gasteiger partial charge < -0.3 is 5.32 Å². The third-order valence-corrected chi connectivity index (χ3v) is 7.77. The maximum atomic E-state index is 13.1. The van der Waals surface area contributed by atoms with Gasteiger partial charge in [-0.3, -0.25) is 9.59 Å². The number of nitrogens with one attached hydrogen (secondary N) is 1. The molecule has 0 spiro atoms. The number of amides is 1. The average Bonchev–Trinajstić information content (AvgIpc) is 2.74. The van der Waals surface area contributed by atoms with Crippen LogP contribution in [0.4, 0.5) is 5.69 Å². The summed E-state index contributed by atoms with van der Waals surface area (Å²) in [6, 6.07) is 7.16. The van der Waals surface area contributed by atoms with Crippen molar-refractivity contribution >= 4 is 44.9 Å². The fourth-order valence-electron chi connectivity index (χ4n) is 4.25. The summed E-state index contributed by atoms with van der Waals surface area (Å²) >= 11 is 9.66. The Morgan fingerprint density at radius 3 is 2.45 bits per heavy atom. The average molecular weight is 385 g/mol. The van der Waals surface area contributed by atoms with E-state index < -0.39 is 21.1 Å². The van der Waals surface area contributed by atoms with Crippen LogP contribution >= 0.6 is 27.5 Å². The highest BCUT2D eigenvalue weighted by Gasteiger charge is 2.76. The smallest absolute Gasteiger partial charge is 0.232 e. The summed E-state index contributed by atoms with van der Waals surface area (Å²) in [4.78, 5) is 25.3. The Labute approximate surface area is 143 Å². The summed E-state index contributed by atoms with van der Waals surface area (Å²) in [5.74, 6) is 0.0140. The summed E-state index contributed by atoms with van der Waals surface area (Å²) in [5, 5.41) is 3.44. The van der Waals surface area contributed by atoms with Crippen molar-refractivity contribution in [2.24, 2.45) is 16.2 Å². The highest BCUT2D eigenvalue weighted by atomic mass is 79.9. The number of carbonyl (C=O) groups is 2. The Hall–Kier alpha value is -0.870. The van der Waals surface area contributed by atoms with Crippen molar-refractivity contribution in [3.05, 3.63) is 29.3 Å². The number of para-hydroxylation sites is 1. The topological polar surface area (TPSA) is 46.2 Å². The molecule has 0 aliphatic heterocycles. The third kappa shape index (κ3) is 1.68. The maximum absolute atomic E-state index is 13.1. The molecule has 3 nitrogen and oxygen atoms in total. The van der Waals surface area contributed by atoms with Crippen LogP contribution in [0.3, 0.4) is 0 Å². The second-order valence-electron chi connectivity index (χ2n) is 7.09. The second-order valence-corrected chi connectivity index (χ2v) is 8.41. The molecule has 2 aliphatic rings. The molecule has 118 valence electrons. The molecule has 1 amide bonds. The fraction of sp³-hybridized carbons (Fsp3) is 0.529. The van der Waals surface area contributed by atoms with Gasteiger partial charge in [0.2, 0.25) is 5.91 Å². The highest BCUT2D eigenvalue weighted by Crippen LogP contribution is 2.72. The van der Waals surface area contributed by atoms with Gasteiger partial charge in [-0.1, -0.05) is 60.4 Å². The van der Waals surface area contributed by atoms with E-state index in [9.17, 15) is 9.59 Å². The quantitative estimate of drug-likeness (QED) is 0.766. The van der Waals surface area contributed by atoms with Crippen LogP contribution < -0.4 is 5.32 Å². The van der Waals surface area contributed by atoms with Crippen LogP contribution in [-0.2, 0) is 9.59 Å².